The van der Waals surface area contributed by atoms with Crippen molar-refractivity contribution < 1.29 is 4.74 Å². The van der Waals surface area contributed by atoms with Crippen LogP contribution >= 0.6 is 0 Å². The molecular weight excluding hydrogens is 238 g/mol. The molecule has 2 rings (SSSR count). The summed E-state index contributed by atoms with van der Waals surface area (Å²) in [6.45, 7) is 2.28. The topological polar surface area (TPSA) is 62.3 Å². The lowest BCUT2D eigenvalue weighted by molar-refractivity contribution is 0.172. The van der Waals surface area contributed by atoms with Crippen LogP contribution in [0.4, 0.5) is 0 Å². The van der Waals surface area contributed by atoms with Gasteiger partial charge in [-0.3, -0.25) is 4.90 Å². The van der Waals surface area contributed by atoms with Crippen molar-refractivity contribution >= 4 is 0 Å². The van der Waals surface area contributed by atoms with Crippen LogP contribution in [0.1, 0.15) is 12.0 Å². The van der Waals surface area contributed by atoms with Crippen LogP contribution in [0.25, 0.3) is 0 Å². The van der Waals surface area contributed by atoms with E-state index in [-0.39, 0.29) is 6.04 Å². The molecule has 4 heteroatoms. The van der Waals surface area contributed by atoms with Gasteiger partial charge in [0.2, 0.25) is 0 Å². The molecular formula is C15H21N3O. The maximum atomic E-state index is 8.79. The molecule has 2 N–H and O–H groups in total. The number of benzene rings is 1. The SMILES string of the molecule is COc1ccc(CC2CC(N)CN(CC#N)C2)cc1. The second-order valence-corrected chi connectivity index (χ2v) is 5.27. The van der Waals surface area contributed by atoms with E-state index >= 15 is 0 Å². The number of rotatable bonds is 4. The Kier molecular flexibility index (Phi) is 4.78. The van der Waals surface area contributed by atoms with Crippen LogP contribution in [-0.4, -0.2) is 37.7 Å². The molecule has 0 aromatic heterocycles. The van der Waals surface area contributed by atoms with E-state index in [9.17, 15) is 0 Å². The molecule has 0 spiro atoms. The molecule has 0 bridgehead atoms. The number of nitriles is 1. The Hall–Kier alpha value is -1.57. The molecule has 0 amide bonds. The second kappa shape index (κ2) is 6.55. The third-order valence-corrected chi connectivity index (χ3v) is 3.62. The fraction of sp³-hybridized carbons (Fsp3) is 0.533. The second-order valence-electron chi connectivity index (χ2n) is 5.27. The van der Waals surface area contributed by atoms with E-state index in [1.807, 2.05) is 12.1 Å². The summed E-state index contributed by atoms with van der Waals surface area (Å²) in [5.74, 6) is 1.42. The molecule has 0 aliphatic carbocycles. The minimum absolute atomic E-state index is 0.186. The van der Waals surface area contributed by atoms with Crippen LogP contribution in [0.3, 0.4) is 0 Å². The summed E-state index contributed by atoms with van der Waals surface area (Å²) in [5, 5.41) is 8.79. The summed E-state index contributed by atoms with van der Waals surface area (Å²) in [4.78, 5) is 2.16. The Morgan fingerprint density at radius 2 is 2.11 bits per heavy atom. The maximum Gasteiger partial charge on any atom is 0.118 e. The van der Waals surface area contributed by atoms with E-state index in [1.165, 1.54) is 5.56 Å². The van der Waals surface area contributed by atoms with E-state index in [1.54, 1.807) is 7.11 Å². The van der Waals surface area contributed by atoms with Crippen molar-refractivity contribution in [1.82, 2.24) is 4.90 Å². The first kappa shape index (κ1) is 13.9. The number of methoxy groups -OCH3 is 1. The van der Waals surface area contributed by atoms with Crippen LogP contribution in [0.2, 0.25) is 0 Å². The number of ether oxygens (including phenoxy) is 1. The van der Waals surface area contributed by atoms with Crippen LogP contribution in [-0.2, 0) is 6.42 Å². The highest BCUT2D eigenvalue weighted by Crippen LogP contribution is 2.21. The van der Waals surface area contributed by atoms with Crippen LogP contribution in [0.5, 0.6) is 5.75 Å². The van der Waals surface area contributed by atoms with Gasteiger partial charge in [0, 0.05) is 19.1 Å². The maximum absolute atomic E-state index is 8.79. The number of hydrogen-bond donors (Lipinski definition) is 1. The smallest absolute Gasteiger partial charge is 0.118 e. The summed E-state index contributed by atoms with van der Waals surface area (Å²) in [7, 11) is 1.68. The van der Waals surface area contributed by atoms with Gasteiger partial charge in [-0.25, -0.2) is 0 Å². The van der Waals surface area contributed by atoms with Crippen LogP contribution in [0.15, 0.2) is 24.3 Å². The zero-order valence-corrected chi connectivity index (χ0v) is 11.4. The quantitative estimate of drug-likeness (QED) is 0.830. The largest absolute Gasteiger partial charge is 0.497 e. The molecule has 1 aliphatic heterocycles. The zero-order valence-electron chi connectivity index (χ0n) is 11.4. The summed E-state index contributed by atoms with van der Waals surface area (Å²) >= 11 is 0. The van der Waals surface area contributed by atoms with E-state index in [0.29, 0.717) is 12.5 Å². The first-order valence-corrected chi connectivity index (χ1v) is 6.69. The average molecular weight is 259 g/mol. The minimum Gasteiger partial charge on any atom is -0.497 e. The van der Waals surface area contributed by atoms with Crippen molar-refractivity contribution in [3.05, 3.63) is 29.8 Å². The molecule has 0 radical (unpaired) electrons. The first-order chi connectivity index (χ1) is 9.21. The van der Waals surface area contributed by atoms with Gasteiger partial charge in [0.25, 0.3) is 0 Å². The molecule has 0 saturated carbocycles. The Labute approximate surface area is 114 Å². The van der Waals surface area contributed by atoms with Gasteiger partial charge in [-0.15, -0.1) is 0 Å². The van der Waals surface area contributed by atoms with Gasteiger partial charge in [0.05, 0.1) is 19.7 Å². The molecule has 2 atom stereocenters. The number of piperidine rings is 1. The highest BCUT2D eigenvalue weighted by molar-refractivity contribution is 5.27. The third kappa shape index (κ3) is 3.95. The van der Waals surface area contributed by atoms with Gasteiger partial charge in [-0.2, -0.15) is 5.26 Å². The van der Waals surface area contributed by atoms with E-state index < -0.39 is 0 Å². The molecule has 1 fully saturated rings. The number of nitrogens with two attached hydrogens (primary N) is 1. The summed E-state index contributed by atoms with van der Waals surface area (Å²) in [5.41, 5.74) is 7.38. The highest BCUT2D eigenvalue weighted by atomic mass is 16.5. The predicted molar refractivity (Wildman–Crippen MR) is 74.8 cm³/mol. The van der Waals surface area contributed by atoms with Crippen molar-refractivity contribution in [3.63, 3.8) is 0 Å². The fourth-order valence-corrected chi connectivity index (χ4v) is 2.82. The van der Waals surface area contributed by atoms with Gasteiger partial charge >= 0.3 is 0 Å². The van der Waals surface area contributed by atoms with Crippen molar-refractivity contribution in [2.75, 3.05) is 26.7 Å². The highest BCUT2D eigenvalue weighted by Gasteiger charge is 2.24. The van der Waals surface area contributed by atoms with Gasteiger partial charge in [-0.1, -0.05) is 12.1 Å². The number of nitrogens with zero attached hydrogens (tertiary/aromatic N) is 2. The Morgan fingerprint density at radius 3 is 2.74 bits per heavy atom. The van der Waals surface area contributed by atoms with Gasteiger partial charge in [-0.05, 0) is 36.5 Å². The molecule has 1 aromatic carbocycles. The van der Waals surface area contributed by atoms with Gasteiger partial charge in [0.15, 0.2) is 0 Å². The Morgan fingerprint density at radius 1 is 1.37 bits per heavy atom. The lowest BCUT2D eigenvalue weighted by atomic mass is 9.89. The molecule has 4 nitrogen and oxygen atoms in total. The van der Waals surface area contributed by atoms with Crippen molar-refractivity contribution in [2.24, 2.45) is 11.7 Å². The molecule has 2 unspecified atom stereocenters. The Balaban J connectivity index is 1.95. The summed E-state index contributed by atoms with van der Waals surface area (Å²) in [6.07, 6.45) is 2.05. The number of likely N-dealkylation sites (tertiary alicyclic amines) is 1. The summed E-state index contributed by atoms with van der Waals surface area (Å²) in [6, 6.07) is 10.6. The monoisotopic (exact) mass is 259 g/mol. The summed E-state index contributed by atoms with van der Waals surface area (Å²) < 4.78 is 5.16. The zero-order chi connectivity index (χ0) is 13.7. The fourth-order valence-electron chi connectivity index (χ4n) is 2.82. The minimum atomic E-state index is 0.186. The molecule has 1 heterocycles. The molecule has 1 aromatic rings. The standard InChI is InChI=1S/C15H21N3O/c1-19-15-4-2-12(3-5-15)8-13-9-14(17)11-18(10-13)7-6-16/h2-5,13-14H,7-11,17H2,1H3. The lowest BCUT2D eigenvalue weighted by Gasteiger charge is -2.35. The Bertz CT molecular complexity index is 438. The van der Waals surface area contributed by atoms with Crippen LogP contribution < -0.4 is 10.5 Å². The third-order valence-electron chi connectivity index (χ3n) is 3.62. The van der Waals surface area contributed by atoms with Gasteiger partial charge < -0.3 is 10.5 Å². The lowest BCUT2D eigenvalue weighted by Crippen LogP contribution is -2.47. The van der Waals surface area contributed by atoms with Crippen molar-refractivity contribution in [2.45, 2.75) is 18.9 Å². The molecule has 19 heavy (non-hydrogen) atoms. The molecule has 1 saturated heterocycles. The predicted octanol–water partition coefficient (Wildman–Crippen LogP) is 1.41. The van der Waals surface area contributed by atoms with Crippen molar-refractivity contribution in [3.8, 4) is 11.8 Å². The first-order valence-electron chi connectivity index (χ1n) is 6.69. The molecule has 102 valence electrons. The number of hydrogen-bond acceptors (Lipinski definition) is 4. The van der Waals surface area contributed by atoms with E-state index in [2.05, 4.69) is 23.1 Å². The van der Waals surface area contributed by atoms with Crippen molar-refractivity contribution in [1.29, 1.82) is 5.26 Å². The van der Waals surface area contributed by atoms with Crippen LogP contribution in [0, 0.1) is 17.2 Å². The van der Waals surface area contributed by atoms with E-state index in [4.69, 9.17) is 15.7 Å². The normalized spacial score (nSPS) is 23.8. The van der Waals surface area contributed by atoms with Gasteiger partial charge in [0.1, 0.15) is 5.75 Å². The average Bonchev–Trinajstić information content (AvgIpc) is 2.39. The van der Waals surface area contributed by atoms with E-state index in [0.717, 1.165) is 31.7 Å². The molecule has 1 aliphatic rings.